The van der Waals surface area contributed by atoms with E-state index in [9.17, 15) is 0 Å². The van der Waals surface area contributed by atoms with Crippen molar-refractivity contribution in [3.8, 4) is 0 Å². The van der Waals surface area contributed by atoms with E-state index in [1.165, 1.54) is 61.3 Å². The predicted octanol–water partition coefficient (Wildman–Crippen LogP) is 4.39. The summed E-state index contributed by atoms with van der Waals surface area (Å²) in [7, 11) is 0. The lowest BCUT2D eigenvalue weighted by atomic mass is 10.0. The van der Waals surface area contributed by atoms with Gasteiger partial charge < -0.3 is 5.32 Å². The molecule has 0 spiro atoms. The van der Waals surface area contributed by atoms with E-state index in [0.717, 1.165) is 5.92 Å². The molecular formula is C16H23NS. The van der Waals surface area contributed by atoms with Crippen LogP contribution in [0.25, 0.3) is 0 Å². The molecular weight excluding hydrogens is 238 g/mol. The fraction of sp³-hybridized carbons (Fsp3) is 0.625. The minimum Gasteiger partial charge on any atom is -0.309 e. The van der Waals surface area contributed by atoms with Crippen LogP contribution in [0, 0.1) is 5.92 Å². The van der Waals surface area contributed by atoms with Gasteiger partial charge in [0.1, 0.15) is 0 Å². The Labute approximate surface area is 115 Å². The molecule has 0 saturated heterocycles. The van der Waals surface area contributed by atoms with Crippen molar-refractivity contribution < 1.29 is 0 Å². The zero-order valence-corrected chi connectivity index (χ0v) is 11.8. The fourth-order valence-corrected chi connectivity index (χ4v) is 4.49. The van der Waals surface area contributed by atoms with Gasteiger partial charge in [-0.1, -0.05) is 43.9 Å². The molecule has 1 aliphatic carbocycles. The van der Waals surface area contributed by atoms with Gasteiger partial charge in [-0.3, -0.25) is 0 Å². The van der Waals surface area contributed by atoms with E-state index in [1.807, 2.05) is 11.8 Å². The molecule has 1 saturated carbocycles. The van der Waals surface area contributed by atoms with Crippen molar-refractivity contribution in [2.24, 2.45) is 5.92 Å². The molecule has 3 rings (SSSR count). The predicted molar refractivity (Wildman–Crippen MR) is 79.1 cm³/mol. The third-order valence-corrected chi connectivity index (χ3v) is 5.54. The molecule has 2 heteroatoms. The van der Waals surface area contributed by atoms with Crippen molar-refractivity contribution in [1.29, 1.82) is 0 Å². The smallest absolute Gasteiger partial charge is 0.0426 e. The molecule has 2 aliphatic rings. The van der Waals surface area contributed by atoms with Crippen molar-refractivity contribution in [3.63, 3.8) is 0 Å². The average molecular weight is 261 g/mol. The van der Waals surface area contributed by atoms with Crippen LogP contribution in [0.2, 0.25) is 0 Å². The maximum absolute atomic E-state index is 3.74. The Morgan fingerprint density at radius 3 is 2.89 bits per heavy atom. The Morgan fingerprint density at radius 2 is 2.00 bits per heavy atom. The van der Waals surface area contributed by atoms with Gasteiger partial charge in [-0.05, 0) is 36.9 Å². The molecule has 1 N–H and O–H groups in total. The van der Waals surface area contributed by atoms with E-state index in [-0.39, 0.29) is 0 Å². The van der Waals surface area contributed by atoms with Gasteiger partial charge in [0, 0.05) is 16.7 Å². The van der Waals surface area contributed by atoms with E-state index in [4.69, 9.17) is 0 Å². The maximum atomic E-state index is 3.74. The van der Waals surface area contributed by atoms with E-state index in [2.05, 4.69) is 29.6 Å². The van der Waals surface area contributed by atoms with Crippen LogP contribution in [-0.4, -0.2) is 12.3 Å². The summed E-state index contributed by atoms with van der Waals surface area (Å²) in [6, 6.07) is 9.44. The Hall–Kier alpha value is -0.470. The first-order valence-electron chi connectivity index (χ1n) is 7.38. The van der Waals surface area contributed by atoms with E-state index >= 15 is 0 Å². The molecule has 0 bridgehead atoms. The molecule has 0 amide bonds. The van der Waals surface area contributed by atoms with Crippen molar-refractivity contribution in [2.45, 2.75) is 49.5 Å². The molecule has 1 unspecified atom stereocenters. The minimum atomic E-state index is 0.592. The molecule has 0 radical (unpaired) electrons. The molecule has 1 aromatic rings. The number of nitrogens with one attached hydrogen (secondary N) is 1. The zero-order chi connectivity index (χ0) is 12.2. The first kappa shape index (κ1) is 12.6. The summed E-state index contributed by atoms with van der Waals surface area (Å²) in [5.41, 5.74) is 1.52. The van der Waals surface area contributed by atoms with Crippen LogP contribution in [0.3, 0.4) is 0 Å². The standard InChI is InChI=1S/C16H23NS/c1-2-7-13(6-1)8-5-11-17-15-12-18-16-10-4-3-9-14(15)16/h3-4,9-10,13,15,17H,1-2,5-8,11-12H2. The summed E-state index contributed by atoms with van der Waals surface area (Å²) in [5.74, 6) is 2.25. The van der Waals surface area contributed by atoms with Crippen molar-refractivity contribution in [2.75, 3.05) is 12.3 Å². The van der Waals surface area contributed by atoms with Crippen LogP contribution < -0.4 is 5.32 Å². The van der Waals surface area contributed by atoms with Gasteiger partial charge in [-0.25, -0.2) is 0 Å². The quantitative estimate of drug-likeness (QED) is 0.789. The van der Waals surface area contributed by atoms with Gasteiger partial charge in [0.25, 0.3) is 0 Å². The summed E-state index contributed by atoms with van der Waals surface area (Å²) in [5, 5.41) is 3.74. The van der Waals surface area contributed by atoms with Crippen LogP contribution in [0.4, 0.5) is 0 Å². The fourth-order valence-electron chi connectivity index (χ4n) is 3.30. The van der Waals surface area contributed by atoms with Gasteiger partial charge >= 0.3 is 0 Å². The molecule has 0 aromatic heterocycles. The Morgan fingerprint density at radius 1 is 1.17 bits per heavy atom. The number of hydrogen-bond acceptors (Lipinski definition) is 2. The molecule has 18 heavy (non-hydrogen) atoms. The topological polar surface area (TPSA) is 12.0 Å². The van der Waals surface area contributed by atoms with Crippen LogP contribution in [0.1, 0.15) is 50.1 Å². The van der Waals surface area contributed by atoms with Gasteiger partial charge in [-0.2, -0.15) is 0 Å². The monoisotopic (exact) mass is 261 g/mol. The Balaban J connectivity index is 1.41. The highest BCUT2D eigenvalue weighted by Gasteiger charge is 2.21. The summed E-state index contributed by atoms with van der Waals surface area (Å²) in [6.07, 6.45) is 8.72. The lowest BCUT2D eigenvalue weighted by Crippen LogP contribution is -2.22. The molecule has 1 nitrogen and oxygen atoms in total. The summed E-state index contributed by atoms with van der Waals surface area (Å²) < 4.78 is 0. The largest absolute Gasteiger partial charge is 0.309 e. The number of fused-ring (bicyclic) bond motifs is 1. The van der Waals surface area contributed by atoms with Crippen molar-refractivity contribution >= 4 is 11.8 Å². The third kappa shape index (κ3) is 2.92. The number of rotatable bonds is 5. The molecule has 98 valence electrons. The Kier molecular flexibility index (Phi) is 4.27. The highest BCUT2D eigenvalue weighted by molar-refractivity contribution is 7.99. The van der Waals surface area contributed by atoms with Crippen LogP contribution in [0.15, 0.2) is 29.2 Å². The SMILES string of the molecule is c1ccc2c(c1)SCC2NCCCC1CCCC1. The second kappa shape index (κ2) is 6.12. The van der Waals surface area contributed by atoms with Crippen LogP contribution in [-0.2, 0) is 0 Å². The summed E-state index contributed by atoms with van der Waals surface area (Å²) >= 11 is 2.00. The Bertz CT molecular complexity index is 384. The van der Waals surface area contributed by atoms with E-state index in [1.54, 1.807) is 0 Å². The van der Waals surface area contributed by atoms with Crippen LogP contribution >= 0.6 is 11.8 Å². The molecule has 1 heterocycles. The van der Waals surface area contributed by atoms with Crippen molar-refractivity contribution in [1.82, 2.24) is 5.32 Å². The molecule has 1 aromatic carbocycles. The number of benzene rings is 1. The zero-order valence-electron chi connectivity index (χ0n) is 11.0. The van der Waals surface area contributed by atoms with Crippen LogP contribution in [0.5, 0.6) is 0 Å². The lowest BCUT2D eigenvalue weighted by Gasteiger charge is -2.14. The van der Waals surface area contributed by atoms with E-state index in [0.29, 0.717) is 6.04 Å². The average Bonchev–Trinajstić information content (AvgIpc) is 3.04. The highest BCUT2D eigenvalue weighted by atomic mass is 32.2. The highest BCUT2D eigenvalue weighted by Crippen LogP contribution is 2.37. The molecule has 1 fully saturated rings. The lowest BCUT2D eigenvalue weighted by molar-refractivity contribution is 0.458. The summed E-state index contributed by atoms with van der Waals surface area (Å²) in [6.45, 7) is 1.19. The number of thioether (sulfide) groups is 1. The van der Waals surface area contributed by atoms with Gasteiger partial charge in [0.05, 0.1) is 0 Å². The van der Waals surface area contributed by atoms with E-state index < -0.39 is 0 Å². The van der Waals surface area contributed by atoms with Gasteiger partial charge in [-0.15, -0.1) is 11.8 Å². The summed E-state index contributed by atoms with van der Waals surface area (Å²) in [4.78, 5) is 1.48. The van der Waals surface area contributed by atoms with Crippen molar-refractivity contribution in [3.05, 3.63) is 29.8 Å². The molecule has 1 aliphatic heterocycles. The second-order valence-electron chi connectivity index (χ2n) is 5.65. The first-order chi connectivity index (χ1) is 8.93. The third-order valence-electron chi connectivity index (χ3n) is 4.35. The first-order valence-corrected chi connectivity index (χ1v) is 8.37. The van der Waals surface area contributed by atoms with Gasteiger partial charge in [0.2, 0.25) is 0 Å². The normalized spacial score (nSPS) is 23.4. The second-order valence-corrected chi connectivity index (χ2v) is 6.71. The van der Waals surface area contributed by atoms with Gasteiger partial charge in [0.15, 0.2) is 0 Å². The minimum absolute atomic E-state index is 0.592. The number of hydrogen-bond donors (Lipinski definition) is 1. The molecule has 1 atom stereocenters. The maximum Gasteiger partial charge on any atom is 0.0426 e.